The summed E-state index contributed by atoms with van der Waals surface area (Å²) in [6.45, 7) is 3.49. The van der Waals surface area contributed by atoms with Gasteiger partial charge in [0.25, 0.3) is 0 Å². The fourth-order valence-corrected chi connectivity index (χ4v) is 14.2. The molecule has 0 amide bonds. The topological polar surface area (TPSA) is 374 Å². The molecule has 18 atom stereocenters. The molecule has 0 aromatic heterocycles. The van der Waals surface area contributed by atoms with Crippen LogP contribution in [-0.4, -0.2) is 204 Å². The van der Waals surface area contributed by atoms with Crippen molar-refractivity contribution in [2.45, 2.75) is 427 Å². The molecular weight excluding hydrogens is 1300 g/mol. The molecule has 0 bridgehead atoms. The molecule has 1 saturated carbocycles. The van der Waals surface area contributed by atoms with Crippen LogP contribution in [0.1, 0.15) is 323 Å². The van der Waals surface area contributed by atoms with Gasteiger partial charge in [0.15, 0.2) is 18.7 Å². The number of carbonyl (C=O) groups excluding carboxylic acids is 3. The summed E-state index contributed by atoms with van der Waals surface area (Å²) < 4.78 is 65.1. The third-order valence-corrected chi connectivity index (χ3v) is 20.6. The molecule has 3 aliphatic rings. The van der Waals surface area contributed by atoms with E-state index in [1.807, 2.05) is 0 Å². The quantitative estimate of drug-likeness (QED) is 0.0117. The van der Waals surface area contributed by atoms with Gasteiger partial charge < -0.3 is 89.1 Å². The first-order chi connectivity index (χ1) is 47.8. The van der Waals surface area contributed by atoms with Crippen LogP contribution >= 0.6 is 7.82 Å². The number of carbonyl (C=O) groups is 3. The van der Waals surface area contributed by atoms with E-state index >= 15 is 0 Å². The highest BCUT2D eigenvalue weighted by molar-refractivity contribution is 7.47. The molecule has 584 valence electrons. The average Bonchev–Trinajstić information content (AvgIpc) is 0.763. The smallest absolute Gasteiger partial charge is 0.463 e. The van der Waals surface area contributed by atoms with Gasteiger partial charge in [-0.15, -0.1) is 0 Å². The van der Waals surface area contributed by atoms with E-state index in [2.05, 4.69) is 20.8 Å². The number of aliphatic hydroxyl groups is 10. The summed E-state index contributed by atoms with van der Waals surface area (Å²) in [5, 5.41) is 110. The van der Waals surface area contributed by atoms with Crippen LogP contribution < -0.4 is 0 Å². The molecule has 2 aliphatic heterocycles. The van der Waals surface area contributed by atoms with Crippen LogP contribution in [0.4, 0.5) is 0 Å². The van der Waals surface area contributed by atoms with Crippen molar-refractivity contribution >= 4 is 25.7 Å². The summed E-state index contributed by atoms with van der Waals surface area (Å²) in [5.41, 5.74) is 0. The van der Waals surface area contributed by atoms with Crippen LogP contribution in [0.25, 0.3) is 0 Å². The minimum atomic E-state index is -5.69. The zero-order valence-electron chi connectivity index (χ0n) is 61.1. The molecule has 3 fully saturated rings. The van der Waals surface area contributed by atoms with Crippen molar-refractivity contribution in [1.29, 1.82) is 0 Å². The van der Waals surface area contributed by atoms with Gasteiger partial charge in [-0.05, 0) is 19.3 Å². The Kier molecular flexibility index (Phi) is 51.9. The second kappa shape index (κ2) is 56.3. The van der Waals surface area contributed by atoms with Crippen molar-refractivity contribution in [1.82, 2.24) is 0 Å². The van der Waals surface area contributed by atoms with Crippen molar-refractivity contribution in [2.75, 3.05) is 26.4 Å². The Labute approximate surface area is 593 Å². The van der Waals surface area contributed by atoms with Gasteiger partial charge in [-0.1, -0.05) is 284 Å². The van der Waals surface area contributed by atoms with E-state index in [-0.39, 0.29) is 19.3 Å². The van der Waals surface area contributed by atoms with Gasteiger partial charge in [0.2, 0.25) is 0 Å². The summed E-state index contributed by atoms with van der Waals surface area (Å²) in [4.78, 5) is 51.0. The summed E-state index contributed by atoms with van der Waals surface area (Å²) in [7, 11) is -5.69. The normalized spacial score (nSPS) is 27.4. The van der Waals surface area contributed by atoms with Crippen LogP contribution in [-0.2, 0) is 61.2 Å². The summed E-state index contributed by atoms with van der Waals surface area (Å²) in [5.74, 6) is -1.97. The van der Waals surface area contributed by atoms with Crippen LogP contribution in [0.15, 0.2) is 0 Å². The maximum atomic E-state index is 14.3. The van der Waals surface area contributed by atoms with Crippen LogP contribution in [0.3, 0.4) is 0 Å². The fourth-order valence-electron chi connectivity index (χ4n) is 13.2. The highest BCUT2D eigenvalue weighted by atomic mass is 31.2. The lowest BCUT2D eigenvalue weighted by atomic mass is 9.84. The molecule has 24 nitrogen and oxygen atoms in total. The van der Waals surface area contributed by atoms with E-state index in [9.17, 15) is 74.9 Å². The van der Waals surface area contributed by atoms with E-state index in [1.165, 1.54) is 173 Å². The highest BCUT2D eigenvalue weighted by Gasteiger charge is 2.58. The standard InChI is InChI=1S/C74H139O24P/c1-4-7-10-13-16-19-22-25-27-28-29-32-34-37-40-43-46-49-59(77)91-54-57-62(80)64(82)69(87)74(95-57)97-71-67(85)65(83)66(84)70(96-73-68(86)63(81)61(79)56(51-75)94-73)72(71)98-99(88,89)92-53-55(52-90-58(76)48-45-42-39-36-33-30-24-21-18-15-12-9-6-3)93-60(78)50-47-44-41-38-35-31-26-23-20-17-14-11-8-5-2/h55-57,61-75,79-87H,4-54H2,1-3H3,(H,88,89). The van der Waals surface area contributed by atoms with Gasteiger partial charge in [0.05, 0.1) is 13.2 Å². The number of unbranched alkanes of at least 4 members (excludes halogenated alkanes) is 41. The van der Waals surface area contributed by atoms with Crippen molar-refractivity contribution < 1.29 is 117 Å². The van der Waals surface area contributed by atoms with Gasteiger partial charge >= 0.3 is 25.7 Å². The second-order valence-corrected chi connectivity index (χ2v) is 29.8. The summed E-state index contributed by atoms with van der Waals surface area (Å²) in [6, 6.07) is 0. The number of esters is 3. The first kappa shape index (κ1) is 91.2. The maximum Gasteiger partial charge on any atom is 0.472 e. The van der Waals surface area contributed by atoms with Crippen LogP contribution in [0.2, 0.25) is 0 Å². The Morgan fingerprint density at radius 2 is 0.646 bits per heavy atom. The lowest BCUT2D eigenvalue weighted by Crippen LogP contribution is -2.69. The number of hydrogen-bond donors (Lipinski definition) is 11. The predicted octanol–water partition coefficient (Wildman–Crippen LogP) is 11.4. The Morgan fingerprint density at radius 1 is 0.354 bits per heavy atom. The van der Waals surface area contributed by atoms with Gasteiger partial charge in [0, 0.05) is 19.3 Å². The number of hydrogen-bond acceptors (Lipinski definition) is 23. The summed E-state index contributed by atoms with van der Waals surface area (Å²) in [6.07, 6.45) is 14.4. The zero-order valence-corrected chi connectivity index (χ0v) is 61.9. The Hall–Kier alpha value is -2.04. The molecular formula is C74H139O24P. The van der Waals surface area contributed by atoms with E-state index < -0.39 is 156 Å². The molecule has 18 unspecified atom stereocenters. The van der Waals surface area contributed by atoms with Crippen molar-refractivity contribution in [3.63, 3.8) is 0 Å². The van der Waals surface area contributed by atoms with Gasteiger partial charge in [0.1, 0.15) is 98.7 Å². The predicted molar refractivity (Wildman–Crippen MR) is 375 cm³/mol. The number of phosphoric ester groups is 1. The van der Waals surface area contributed by atoms with E-state index in [0.717, 1.165) is 89.9 Å². The Bertz CT molecular complexity index is 2050. The third kappa shape index (κ3) is 39.2. The molecule has 2 heterocycles. The van der Waals surface area contributed by atoms with Gasteiger partial charge in [-0.25, -0.2) is 4.57 Å². The van der Waals surface area contributed by atoms with Crippen LogP contribution in [0.5, 0.6) is 0 Å². The molecule has 1 aliphatic carbocycles. The lowest BCUT2D eigenvalue weighted by molar-refractivity contribution is -0.360. The summed E-state index contributed by atoms with van der Waals surface area (Å²) >= 11 is 0. The minimum Gasteiger partial charge on any atom is -0.463 e. The van der Waals surface area contributed by atoms with Gasteiger partial charge in [-0.2, -0.15) is 0 Å². The third-order valence-electron chi connectivity index (χ3n) is 19.6. The number of rotatable bonds is 62. The molecule has 0 spiro atoms. The molecule has 25 heteroatoms. The number of phosphoric acid groups is 1. The fraction of sp³-hybridized carbons (Fsp3) is 0.959. The number of aliphatic hydroxyl groups excluding tert-OH is 10. The average molecular weight is 1440 g/mol. The molecule has 0 aromatic rings. The molecule has 2 saturated heterocycles. The molecule has 99 heavy (non-hydrogen) atoms. The maximum absolute atomic E-state index is 14.3. The first-order valence-electron chi connectivity index (χ1n) is 39.3. The van der Waals surface area contributed by atoms with Crippen molar-refractivity contribution in [2.24, 2.45) is 0 Å². The molecule has 0 radical (unpaired) electrons. The molecule has 11 N–H and O–H groups in total. The zero-order chi connectivity index (χ0) is 72.5. The SMILES string of the molecule is CCCCCCCCCCCCCCCCCCCC(=O)OCC1OC(OC2C(O)C(O)C(O)C(OC3OC(CO)C(O)C(O)C3O)C2OP(=O)(O)OCC(COC(=O)CCCCCCCCCCCCCCC)OC(=O)CCCCCCCCCCCCCCCC)C(O)C(O)C1O. The lowest BCUT2D eigenvalue weighted by Gasteiger charge is -2.49. The number of ether oxygens (including phenoxy) is 7. The van der Waals surface area contributed by atoms with E-state index in [1.54, 1.807) is 0 Å². The second-order valence-electron chi connectivity index (χ2n) is 28.4. The first-order valence-corrected chi connectivity index (χ1v) is 40.8. The van der Waals surface area contributed by atoms with E-state index in [0.29, 0.717) is 19.3 Å². The molecule has 3 rings (SSSR count). The molecule has 0 aromatic carbocycles. The largest absolute Gasteiger partial charge is 0.472 e. The van der Waals surface area contributed by atoms with E-state index in [4.69, 9.17) is 42.2 Å². The monoisotopic (exact) mass is 1440 g/mol. The van der Waals surface area contributed by atoms with Crippen molar-refractivity contribution in [3.05, 3.63) is 0 Å². The highest BCUT2D eigenvalue weighted by Crippen LogP contribution is 2.49. The Balaban J connectivity index is 1.70. The van der Waals surface area contributed by atoms with Crippen LogP contribution in [0, 0.1) is 0 Å². The van der Waals surface area contributed by atoms with Crippen molar-refractivity contribution in [3.8, 4) is 0 Å². The van der Waals surface area contributed by atoms with Gasteiger partial charge in [-0.3, -0.25) is 23.4 Å². The minimum absolute atomic E-state index is 0.0331. The Morgan fingerprint density at radius 3 is 0.990 bits per heavy atom.